The van der Waals surface area contributed by atoms with Gasteiger partial charge >= 0.3 is 0 Å². The maximum absolute atomic E-state index is 4.79. The van der Waals surface area contributed by atoms with Crippen LogP contribution in [0.1, 0.15) is 59.1 Å². The summed E-state index contributed by atoms with van der Waals surface area (Å²) >= 11 is 1.78. The van der Waals surface area contributed by atoms with Gasteiger partial charge in [0, 0.05) is 30.6 Å². The van der Waals surface area contributed by atoms with Gasteiger partial charge in [0.1, 0.15) is 0 Å². The van der Waals surface area contributed by atoms with Crippen LogP contribution in [0.2, 0.25) is 0 Å². The van der Waals surface area contributed by atoms with Crippen LogP contribution in [0.4, 0.5) is 5.13 Å². The fourth-order valence-electron chi connectivity index (χ4n) is 2.68. The second kappa shape index (κ2) is 6.44. The first-order valence-corrected chi connectivity index (χ1v) is 8.65. The molecule has 0 bridgehead atoms. The monoisotopic (exact) mass is 295 g/mol. The van der Waals surface area contributed by atoms with Crippen molar-refractivity contribution in [3.05, 3.63) is 11.1 Å². The zero-order valence-electron chi connectivity index (χ0n) is 13.6. The minimum absolute atomic E-state index is 0.148. The number of hydrogen-bond donors (Lipinski definition) is 1. The van der Waals surface area contributed by atoms with Gasteiger partial charge in [0.15, 0.2) is 5.13 Å². The van der Waals surface area contributed by atoms with Gasteiger partial charge in [-0.25, -0.2) is 4.98 Å². The normalized spacial score (nSPS) is 23.9. The molecule has 1 aliphatic rings. The Kier molecular flexibility index (Phi) is 5.08. The second-order valence-electron chi connectivity index (χ2n) is 7.25. The van der Waals surface area contributed by atoms with E-state index in [9.17, 15) is 0 Å². The van der Waals surface area contributed by atoms with Crippen molar-refractivity contribution in [3.8, 4) is 0 Å². The summed E-state index contributed by atoms with van der Waals surface area (Å²) in [4.78, 5) is 7.19. The molecule has 0 unspecified atom stereocenters. The summed E-state index contributed by atoms with van der Waals surface area (Å²) in [5.41, 5.74) is 1.31. The number of hydrogen-bond acceptors (Lipinski definition) is 4. The summed E-state index contributed by atoms with van der Waals surface area (Å²) in [7, 11) is 2.21. The minimum atomic E-state index is 0.148. The van der Waals surface area contributed by atoms with Crippen molar-refractivity contribution in [1.29, 1.82) is 0 Å². The summed E-state index contributed by atoms with van der Waals surface area (Å²) in [6, 6.07) is 0.681. The molecule has 1 aromatic heterocycles. The maximum Gasteiger partial charge on any atom is 0.185 e. The molecule has 4 heteroatoms. The third-order valence-electron chi connectivity index (χ3n) is 4.17. The van der Waals surface area contributed by atoms with E-state index in [1.54, 1.807) is 11.3 Å². The molecule has 1 fully saturated rings. The van der Waals surface area contributed by atoms with Crippen molar-refractivity contribution in [2.75, 3.05) is 11.9 Å². The Morgan fingerprint density at radius 3 is 2.55 bits per heavy atom. The summed E-state index contributed by atoms with van der Waals surface area (Å²) in [6.45, 7) is 9.80. The lowest BCUT2D eigenvalue weighted by Gasteiger charge is -2.33. The highest BCUT2D eigenvalue weighted by atomic mass is 32.1. The molecule has 1 saturated carbocycles. The Hall–Kier alpha value is -0.610. The summed E-state index contributed by atoms with van der Waals surface area (Å²) < 4.78 is 0. The molecule has 1 heterocycles. The third-order valence-corrected chi connectivity index (χ3v) is 5.15. The van der Waals surface area contributed by atoms with Crippen LogP contribution in [0.25, 0.3) is 0 Å². The van der Waals surface area contributed by atoms with E-state index in [0.717, 1.165) is 18.2 Å². The number of aromatic nitrogens is 1. The van der Waals surface area contributed by atoms with Gasteiger partial charge in [0.2, 0.25) is 0 Å². The molecular formula is C16H29N3S. The molecule has 0 amide bonds. The average Bonchev–Trinajstić information content (AvgIpc) is 2.84. The Labute approximate surface area is 127 Å². The van der Waals surface area contributed by atoms with Crippen LogP contribution in [0.3, 0.4) is 0 Å². The molecule has 1 aliphatic carbocycles. The topological polar surface area (TPSA) is 28.2 Å². The predicted molar refractivity (Wildman–Crippen MR) is 88.5 cm³/mol. The van der Waals surface area contributed by atoms with E-state index in [2.05, 4.69) is 50.3 Å². The molecule has 2 rings (SSSR count). The van der Waals surface area contributed by atoms with Crippen molar-refractivity contribution in [3.63, 3.8) is 0 Å². The van der Waals surface area contributed by atoms with Crippen LogP contribution < -0.4 is 10.2 Å². The van der Waals surface area contributed by atoms with E-state index in [4.69, 9.17) is 4.98 Å². The Morgan fingerprint density at radius 1 is 1.30 bits per heavy atom. The molecule has 0 aliphatic heterocycles. The lowest BCUT2D eigenvalue weighted by molar-refractivity contribution is 0.340. The smallest absolute Gasteiger partial charge is 0.185 e. The van der Waals surface area contributed by atoms with Crippen molar-refractivity contribution in [2.24, 2.45) is 5.92 Å². The summed E-state index contributed by atoms with van der Waals surface area (Å²) in [5, 5.41) is 6.87. The number of thiazole rings is 1. The van der Waals surface area contributed by atoms with Crippen LogP contribution in [0.15, 0.2) is 5.38 Å². The number of nitrogens with one attached hydrogen (secondary N) is 1. The van der Waals surface area contributed by atoms with E-state index >= 15 is 0 Å². The molecule has 1 N–H and O–H groups in total. The van der Waals surface area contributed by atoms with E-state index < -0.39 is 0 Å². The molecule has 0 spiro atoms. The molecular weight excluding hydrogens is 266 g/mol. The molecule has 20 heavy (non-hydrogen) atoms. The molecule has 3 nitrogen and oxygen atoms in total. The van der Waals surface area contributed by atoms with Crippen LogP contribution in [-0.4, -0.2) is 23.6 Å². The largest absolute Gasteiger partial charge is 0.348 e. The maximum atomic E-state index is 4.79. The van der Waals surface area contributed by atoms with E-state index in [1.165, 1.54) is 30.8 Å². The molecule has 0 saturated heterocycles. The molecule has 1 aromatic rings. The Bertz CT molecular complexity index is 414. The third kappa shape index (κ3) is 4.45. The highest BCUT2D eigenvalue weighted by molar-refractivity contribution is 7.13. The first kappa shape index (κ1) is 15.8. The van der Waals surface area contributed by atoms with E-state index in [1.807, 2.05) is 0 Å². The summed E-state index contributed by atoms with van der Waals surface area (Å²) in [5.74, 6) is 0.905. The van der Waals surface area contributed by atoms with Crippen LogP contribution >= 0.6 is 11.3 Å². The lowest BCUT2D eigenvalue weighted by Crippen LogP contribution is -2.35. The van der Waals surface area contributed by atoms with Gasteiger partial charge in [-0.1, -0.05) is 6.92 Å². The molecule has 0 atom stereocenters. The Morgan fingerprint density at radius 2 is 1.95 bits per heavy atom. The van der Waals surface area contributed by atoms with Gasteiger partial charge in [0.05, 0.1) is 5.69 Å². The summed E-state index contributed by atoms with van der Waals surface area (Å²) in [6.07, 6.45) is 5.34. The minimum Gasteiger partial charge on any atom is -0.348 e. The van der Waals surface area contributed by atoms with Crippen LogP contribution in [0, 0.1) is 5.92 Å². The van der Waals surface area contributed by atoms with Crippen molar-refractivity contribution >= 4 is 16.5 Å². The fraction of sp³-hybridized carbons (Fsp3) is 0.812. The lowest BCUT2D eigenvalue weighted by atomic mass is 9.87. The van der Waals surface area contributed by atoms with Crippen molar-refractivity contribution < 1.29 is 0 Å². The zero-order valence-corrected chi connectivity index (χ0v) is 14.4. The number of rotatable bonds is 4. The first-order chi connectivity index (χ1) is 9.35. The molecule has 0 aromatic carbocycles. The van der Waals surface area contributed by atoms with Gasteiger partial charge in [-0.3, -0.25) is 0 Å². The van der Waals surface area contributed by atoms with Gasteiger partial charge in [0.25, 0.3) is 0 Å². The highest BCUT2D eigenvalue weighted by Gasteiger charge is 2.23. The van der Waals surface area contributed by atoms with Crippen molar-refractivity contribution in [1.82, 2.24) is 10.3 Å². The van der Waals surface area contributed by atoms with E-state index in [0.29, 0.717) is 6.04 Å². The zero-order chi connectivity index (χ0) is 14.8. The van der Waals surface area contributed by atoms with Gasteiger partial charge < -0.3 is 10.2 Å². The molecule has 0 radical (unpaired) electrons. The quantitative estimate of drug-likeness (QED) is 0.908. The Balaban J connectivity index is 1.91. The SMILES string of the molecule is CC1CCC(N(C)c2nc(CNC(C)(C)C)cs2)CC1. The van der Waals surface area contributed by atoms with Crippen LogP contribution in [0.5, 0.6) is 0 Å². The highest BCUT2D eigenvalue weighted by Crippen LogP contribution is 2.30. The first-order valence-electron chi connectivity index (χ1n) is 7.77. The standard InChI is InChI=1S/C16H29N3S/c1-12-6-8-14(9-7-12)19(5)15-18-13(11-20-15)10-17-16(2,3)4/h11-12,14,17H,6-10H2,1-5H3. The van der Waals surface area contributed by atoms with E-state index in [-0.39, 0.29) is 5.54 Å². The van der Waals surface area contributed by atoms with Gasteiger partial charge in [-0.2, -0.15) is 0 Å². The molecule has 114 valence electrons. The second-order valence-corrected chi connectivity index (χ2v) is 8.09. The van der Waals surface area contributed by atoms with Crippen molar-refractivity contribution in [2.45, 2.75) is 71.5 Å². The average molecular weight is 295 g/mol. The number of anilines is 1. The predicted octanol–water partition coefficient (Wildman–Crippen LogP) is 4.05. The van der Waals surface area contributed by atoms with Gasteiger partial charge in [-0.15, -0.1) is 11.3 Å². The van der Waals surface area contributed by atoms with Crippen LogP contribution in [-0.2, 0) is 6.54 Å². The van der Waals surface area contributed by atoms with Gasteiger partial charge in [-0.05, 0) is 52.4 Å². The fourth-order valence-corrected chi connectivity index (χ4v) is 3.54. The number of nitrogens with zero attached hydrogens (tertiary/aromatic N) is 2.